The van der Waals surface area contributed by atoms with E-state index >= 15 is 0 Å². The second kappa shape index (κ2) is 9.37. The molecule has 0 aliphatic heterocycles. The summed E-state index contributed by atoms with van der Waals surface area (Å²) >= 11 is 0. The highest BCUT2D eigenvalue weighted by molar-refractivity contribution is 5.95. The first-order valence-corrected chi connectivity index (χ1v) is 8.90. The van der Waals surface area contributed by atoms with Gasteiger partial charge in [0.15, 0.2) is 6.20 Å². The zero-order valence-electron chi connectivity index (χ0n) is 15.2. The number of carbonyl (C=O) groups is 1. The number of aromatic nitrogens is 2. The maximum absolute atomic E-state index is 12.8. The maximum Gasteiger partial charge on any atom is 0.231 e. The molecule has 4 heteroatoms. The zero-order valence-corrected chi connectivity index (χ0v) is 17.4. The summed E-state index contributed by atoms with van der Waals surface area (Å²) < 4.78 is 1.94. The molecule has 0 N–H and O–H groups in total. The highest BCUT2D eigenvalue weighted by Crippen LogP contribution is 2.19. The average Bonchev–Trinajstić information content (AvgIpc) is 2.75. The summed E-state index contributed by atoms with van der Waals surface area (Å²) in [5.74, 6) is 0.0722. The van der Waals surface area contributed by atoms with E-state index in [1.165, 1.54) is 0 Å². The average molecular weight is 478 g/mol. The molecule has 0 unspecified atom stereocenters. The number of hydrogen-bond acceptors (Lipinski definition) is 2. The number of carbonyl (C=O) groups excluding carboxylic acids is 1. The van der Waals surface area contributed by atoms with E-state index in [4.69, 9.17) is 0 Å². The van der Waals surface area contributed by atoms with Gasteiger partial charge in [-0.25, -0.2) is 4.98 Å². The lowest BCUT2D eigenvalue weighted by Crippen LogP contribution is -3.00. The van der Waals surface area contributed by atoms with Crippen LogP contribution in [0.4, 0.5) is 0 Å². The first-order valence-electron chi connectivity index (χ1n) is 8.90. The van der Waals surface area contributed by atoms with Crippen LogP contribution in [-0.4, -0.2) is 10.8 Å². The third-order valence-electron chi connectivity index (χ3n) is 4.50. The Morgan fingerprint density at radius 1 is 0.750 bits per heavy atom. The third-order valence-corrected chi connectivity index (χ3v) is 4.50. The van der Waals surface area contributed by atoms with Crippen molar-refractivity contribution in [1.82, 2.24) is 4.98 Å². The van der Waals surface area contributed by atoms with Crippen molar-refractivity contribution in [3.8, 4) is 22.5 Å². The first kappa shape index (κ1) is 19.9. The molecule has 0 radical (unpaired) electrons. The van der Waals surface area contributed by atoms with Crippen molar-refractivity contribution in [1.29, 1.82) is 0 Å². The largest absolute Gasteiger partial charge is 1.00 e. The first-order chi connectivity index (χ1) is 13.3. The Kier molecular flexibility index (Phi) is 6.66. The smallest absolute Gasteiger partial charge is 0.231 e. The van der Waals surface area contributed by atoms with Gasteiger partial charge in [0.2, 0.25) is 18.0 Å². The van der Waals surface area contributed by atoms with Crippen LogP contribution in [0.1, 0.15) is 10.4 Å². The van der Waals surface area contributed by atoms with E-state index in [-0.39, 0.29) is 36.3 Å². The van der Waals surface area contributed by atoms with Crippen LogP contribution in [0.25, 0.3) is 22.5 Å². The summed E-state index contributed by atoms with van der Waals surface area (Å²) in [6.45, 7) is 0.275. The molecule has 0 saturated heterocycles. The van der Waals surface area contributed by atoms with Gasteiger partial charge in [0.1, 0.15) is 5.69 Å². The topological polar surface area (TPSA) is 33.8 Å². The van der Waals surface area contributed by atoms with Crippen molar-refractivity contribution < 1.29 is 33.3 Å². The quantitative estimate of drug-likeness (QED) is 0.248. The Hall–Kier alpha value is -2.86. The van der Waals surface area contributed by atoms with Crippen LogP contribution in [0.3, 0.4) is 0 Å². The summed E-state index contributed by atoms with van der Waals surface area (Å²) in [7, 11) is 0. The maximum atomic E-state index is 12.8. The molecule has 0 saturated carbocycles. The van der Waals surface area contributed by atoms with Crippen molar-refractivity contribution in [3.63, 3.8) is 0 Å². The third kappa shape index (κ3) is 4.51. The fourth-order valence-electron chi connectivity index (χ4n) is 3.09. The van der Waals surface area contributed by atoms with Crippen LogP contribution in [0.5, 0.6) is 0 Å². The monoisotopic (exact) mass is 478 g/mol. The normalized spacial score (nSPS) is 10.1. The Balaban J connectivity index is 0.00000225. The van der Waals surface area contributed by atoms with Crippen molar-refractivity contribution in [2.24, 2.45) is 0 Å². The van der Waals surface area contributed by atoms with Gasteiger partial charge in [-0.1, -0.05) is 60.7 Å². The van der Waals surface area contributed by atoms with E-state index < -0.39 is 0 Å². The Morgan fingerprint density at radius 3 is 2.14 bits per heavy atom. The molecule has 0 amide bonds. The minimum absolute atomic E-state index is 0. The van der Waals surface area contributed by atoms with Gasteiger partial charge >= 0.3 is 0 Å². The Morgan fingerprint density at radius 2 is 1.43 bits per heavy atom. The molecule has 0 spiro atoms. The lowest BCUT2D eigenvalue weighted by atomic mass is 10.0. The van der Waals surface area contributed by atoms with Gasteiger partial charge in [-0.3, -0.25) is 4.79 Å². The molecule has 0 fully saturated rings. The van der Waals surface area contributed by atoms with Crippen LogP contribution < -0.4 is 28.5 Å². The van der Waals surface area contributed by atoms with Crippen molar-refractivity contribution >= 4 is 5.78 Å². The molecule has 0 aliphatic carbocycles. The molecule has 138 valence electrons. The summed E-state index contributed by atoms with van der Waals surface area (Å²) in [6.07, 6.45) is 3.68. The fraction of sp³-hybridized carbons (Fsp3) is 0.0417. The van der Waals surface area contributed by atoms with Crippen LogP contribution in [0.2, 0.25) is 0 Å². The lowest BCUT2D eigenvalue weighted by Gasteiger charge is -2.05. The lowest BCUT2D eigenvalue weighted by molar-refractivity contribution is -0.672. The van der Waals surface area contributed by atoms with Crippen LogP contribution >= 0.6 is 0 Å². The molecule has 0 bridgehead atoms. The summed E-state index contributed by atoms with van der Waals surface area (Å²) in [5, 5.41) is 0. The molecular weight excluding hydrogens is 459 g/mol. The second-order valence-electron chi connectivity index (χ2n) is 6.30. The summed E-state index contributed by atoms with van der Waals surface area (Å²) in [6, 6.07) is 29.6. The van der Waals surface area contributed by atoms with Crippen molar-refractivity contribution in [2.45, 2.75) is 6.54 Å². The molecule has 4 aromatic rings. The zero-order chi connectivity index (χ0) is 18.5. The number of benzene rings is 2. The van der Waals surface area contributed by atoms with Gasteiger partial charge in [0.25, 0.3) is 0 Å². The summed E-state index contributed by atoms with van der Waals surface area (Å²) in [4.78, 5) is 17.2. The van der Waals surface area contributed by atoms with E-state index in [0.717, 1.165) is 22.5 Å². The van der Waals surface area contributed by atoms with Crippen molar-refractivity contribution in [3.05, 3.63) is 109 Å². The molecule has 2 heterocycles. The number of hydrogen-bond donors (Lipinski definition) is 0. The highest BCUT2D eigenvalue weighted by atomic mass is 127. The van der Waals surface area contributed by atoms with Gasteiger partial charge in [0.05, 0.1) is 0 Å². The standard InChI is InChI=1S/C24H19N2O.HI/c27-24(21-14-12-20(13-15-21)19-8-2-1-3-9-19)18-26-17-7-5-11-23(26)22-10-4-6-16-25-22;/h1-17H,18H2;1H/q+1;/p-1. The number of rotatable bonds is 5. The predicted octanol–water partition coefficient (Wildman–Crippen LogP) is 1.59. The van der Waals surface area contributed by atoms with Gasteiger partial charge in [-0.05, 0) is 29.3 Å². The van der Waals surface area contributed by atoms with Crippen LogP contribution in [0, 0.1) is 0 Å². The highest BCUT2D eigenvalue weighted by Gasteiger charge is 2.18. The minimum Gasteiger partial charge on any atom is -1.00 e. The number of halogens is 1. The van der Waals surface area contributed by atoms with Gasteiger partial charge in [-0.15, -0.1) is 0 Å². The molecule has 0 atom stereocenters. The molecule has 2 aromatic heterocycles. The van der Waals surface area contributed by atoms with E-state index in [0.29, 0.717) is 5.56 Å². The molecule has 4 rings (SSSR count). The Bertz CT molecular complexity index is 1050. The summed E-state index contributed by atoms with van der Waals surface area (Å²) in [5.41, 5.74) is 4.73. The minimum atomic E-state index is 0. The van der Waals surface area contributed by atoms with Crippen molar-refractivity contribution in [2.75, 3.05) is 0 Å². The van der Waals surface area contributed by atoms with Gasteiger partial charge in [-0.2, -0.15) is 4.57 Å². The molecule has 2 aromatic carbocycles. The molecule has 28 heavy (non-hydrogen) atoms. The van der Waals surface area contributed by atoms with Gasteiger partial charge < -0.3 is 24.0 Å². The predicted molar refractivity (Wildman–Crippen MR) is 106 cm³/mol. The second-order valence-corrected chi connectivity index (χ2v) is 6.30. The Labute approximate surface area is 181 Å². The SMILES string of the molecule is O=C(C[n+]1ccccc1-c1ccccn1)c1ccc(-c2ccccc2)cc1.[I-]. The van der Waals surface area contributed by atoms with E-state index in [1.54, 1.807) is 6.20 Å². The number of nitrogens with zero attached hydrogens (tertiary/aromatic N) is 2. The number of ketones is 1. The number of pyridine rings is 2. The van der Waals surface area contributed by atoms with Gasteiger partial charge in [0, 0.05) is 23.9 Å². The molecule has 3 nitrogen and oxygen atoms in total. The number of Topliss-reactive ketones (excluding diaryl/α,β-unsaturated/α-hetero) is 1. The fourth-order valence-corrected chi connectivity index (χ4v) is 3.09. The molecule has 0 aliphatic rings. The molecular formula is C24H19IN2O. The van der Waals surface area contributed by atoms with Crippen LogP contribution in [0.15, 0.2) is 103 Å². The van der Waals surface area contributed by atoms with E-state index in [9.17, 15) is 4.79 Å². The van der Waals surface area contributed by atoms with E-state index in [1.807, 2.05) is 89.6 Å². The van der Waals surface area contributed by atoms with E-state index in [2.05, 4.69) is 17.1 Å². The van der Waals surface area contributed by atoms with Crippen LogP contribution in [-0.2, 0) is 6.54 Å².